The van der Waals surface area contributed by atoms with Crippen LogP contribution in [0.3, 0.4) is 0 Å². The number of aromatic hydroxyl groups is 1. The van der Waals surface area contributed by atoms with Gasteiger partial charge in [0.1, 0.15) is 5.75 Å². The summed E-state index contributed by atoms with van der Waals surface area (Å²) in [5, 5.41) is 13.3. The van der Waals surface area contributed by atoms with Gasteiger partial charge in [0, 0.05) is 25.8 Å². The Morgan fingerprint density at radius 2 is 2.05 bits per heavy atom. The molecule has 2 N–H and O–H groups in total. The molecular formula is C16H23NO2. The van der Waals surface area contributed by atoms with Gasteiger partial charge in [-0.05, 0) is 55.2 Å². The molecule has 19 heavy (non-hydrogen) atoms. The first-order valence-electron chi connectivity index (χ1n) is 7.35. The molecule has 104 valence electrons. The van der Waals surface area contributed by atoms with Crippen LogP contribution in [0.4, 0.5) is 0 Å². The SMILES string of the molecule is Oc1cccc(CC2(CNC3CC3)CCOCC2)c1. The second-order valence-corrected chi connectivity index (χ2v) is 6.11. The highest BCUT2D eigenvalue weighted by Crippen LogP contribution is 2.35. The first kappa shape index (κ1) is 12.9. The van der Waals surface area contributed by atoms with Crippen molar-refractivity contribution in [2.24, 2.45) is 5.41 Å². The van der Waals surface area contributed by atoms with Gasteiger partial charge in [-0.15, -0.1) is 0 Å². The number of hydrogen-bond donors (Lipinski definition) is 2. The molecule has 1 aliphatic heterocycles. The van der Waals surface area contributed by atoms with Gasteiger partial charge in [-0.25, -0.2) is 0 Å². The second kappa shape index (κ2) is 5.51. The third-order valence-corrected chi connectivity index (χ3v) is 4.39. The van der Waals surface area contributed by atoms with Crippen molar-refractivity contribution in [2.75, 3.05) is 19.8 Å². The summed E-state index contributed by atoms with van der Waals surface area (Å²) in [6, 6.07) is 8.45. The molecule has 0 spiro atoms. The molecule has 1 saturated carbocycles. The van der Waals surface area contributed by atoms with Gasteiger partial charge in [0.25, 0.3) is 0 Å². The van der Waals surface area contributed by atoms with Gasteiger partial charge in [-0.1, -0.05) is 12.1 Å². The number of hydrogen-bond acceptors (Lipinski definition) is 3. The monoisotopic (exact) mass is 261 g/mol. The minimum absolute atomic E-state index is 0.300. The molecule has 1 aromatic carbocycles. The number of phenolic OH excluding ortho intramolecular Hbond substituents is 1. The van der Waals surface area contributed by atoms with Crippen molar-refractivity contribution in [2.45, 2.75) is 38.1 Å². The van der Waals surface area contributed by atoms with E-state index in [2.05, 4.69) is 11.4 Å². The molecule has 1 heterocycles. The van der Waals surface area contributed by atoms with Crippen LogP contribution in [0.25, 0.3) is 0 Å². The second-order valence-electron chi connectivity index (χ2n) is 6.11. The molecule has 0 radical (unpaired) electrons. The Labute approximate surface area is 115 Å². The fourth-order valence-electron chi connectivity index (χ4n) is 2.97. The molecule has 2 aliphatic rings. The number of benzene rings is 1. The van der Waals surface area contributed by atoms with E-state index in [0.29, 0.717) is 11.2 Å². The van der Waals surface area contributed by atoms with E-state index < -0.39 is 0 Å². The quantitative estimate of drug-likeness (QED) is 0.855. The molecule has 1 aromatic rings. The minimum atomic E-state index is 0.300. The van der Waals surface area contributed by atoms with E-state index in [-0.39, 0.29) is 0 Å². The smallest absolute Gasteiger partial charge is 0.115 e. The third-order valence-electron chi connectivity index (χ3n) is 4.39. The lowest BCUT2D eigenvalue weighted by atomic mass is 9.75. The van der Waals surface area contributed by atoms with E-state index in [0.717, 1.165) is 45.1 Å². The van der Waals surface area contributed by atoms with Crippen molar-refractivity contribution in [1.82, 2.24) is 5.32 Å². The molecule has 0 bridgehead atoms. The molecule has 0 aromatic heterocycles. The number of nitrogens with one attached hydrogen (secondary N) is 1. The Bertz CT molecular complexity index is 423. The zero-order valence-corrected chi connectivity index (χ0v) is 11.4. The maximum absolute atomic E-state index is 9.61. The minimum Gasteiger partial charge on any atom is -0.508 e. The van der Waals surface area contributed by atoms with Crippen molar-refractivity contribution in [3.05, 3.63) is 29.8 Å². The Balaban J connectivity index is 1.69. The molecule has 0 unspecified atom stereocenters. The van der Waals surface area contributed by atoms with Crippen LogP contribution in [-0.4, -0.2) is 30.9 Å². The number of rotatable bonds is 5. The molecule has 1 aliphatic carbocycles. The predicted octanol–water partition coefficient (Wildman–Crippen LogP) is 2.48. The summed E-state index contributed by atoms with van der Waals surface area (Å²) in [5.41, 5.74) is 1.54. The van der Waals surface area contributed by atoms with Gasteiger partial charge in [-0.2, -0.15) is 0 Å². The van der Waals surface area contributed by atoms with Gasteiger partial charge < -0.3 is 15.2 Å². The fraction of sp³-hybridized carbons (Fsp3) is 0.625. The van der Waals surface area contributed by atoms with Crippen LogP contribution >= 0.6 is 0 Å². The van der Waals surface area contributed by atoms with Crippen LogP contribution in [-0.2, 0) is 11.2 Å². The summed E-state index contributed by atoms with van der Waals surface area (Å²) in [6.45, 7) is 2.81. The molecule has 3 rings (SSSR count). The van der Waals surface area contributed by atoms with Crippen LogP contribution in [0.2, 0.25) is 0 Å². The summed E-state index contributed by atoms with van der Waals surface area (Å²) in [5.74, 6) is 0.370. The van der Waals surface area contributed by atoms with Crippen molar-refractivity contribution in [3.63, 3.8) is 0 Å². The van der Waals surface area contributed by atoms with E-state index in [1.54, 1.807) is 6.07 Å². The topological polar surface area (TPSA) is 41.5 Å². The average molecular weight is 261 g/mol. The summed E-state index contributed by atoms with van der Waals surface area (Å²) >= 11 is 0. The van der Waals surface area contributed by atoms with E-state index in [1.807, 2.05) is 12.1 Å². The zero-order valence-electron chi connectivity index (χ0n) is 11.4. The Morgan fingerprint density at radius 3 is 2.74 bits per heavy atom. The molecule has 2 fully saturated rings. The largest absolute Gasteiger partial charge is 0.508 e. The number of phenols is 1. The van der Waals surface area contributed by atoms with E-state index in [9.17, 15) is 5.11 Å². The van der Waals surface area contributed by atoms with Gasteiger partial charge >= 0.3 is 0 Å². The predicted molar refractivity (Wildman–Crippen MR) is 75.3 cm³/mol. The summed E-state index contributed by atoms with van der Waals surface area (Å²) < 4.78 is 5.53. The van der Waals surface area contributed by atoms with Crippen LogP contribution in [0.15, 0.2) is 24.3 Å². The molecule has 0 amide bonds. The highest BCUT2D eigenvalue weighted by molar-refractivity contribution is 5.28. The van der Waals surface area contributed by atoms with Crippen molar-refractivity contribution in [1.29, 1.82) is 0 Å². The van der Waals surface area contributed by atoms with Crippen molar-refractivity contribution < 1.29 is 9.84 Å². The van der Waals surface area contributed by atoms with Gasteiger partial charge in [0.2, 0.25) is 0 Å². The first-order chi connectivity index (χ1) is 9.26. The van der Waals surface area contributed by atoms with Crippen molar-refractivity contribution in [3.8, 4) is 5.75 Å². The molecule has 0 atom stereocenters. The van der Waals surface area contributed by atoms with Crippen LogP contribution in [0.1, 0.15) is 31.2 Å². The van der Waals surface area contributed by atoms with Crippen LogP contribution in [0.5, 0.6) is 5.75 Å². The summed E-state index contributed by atoms with van der Waals surface area (Å²) in [7, 11) is 0. The molecule has 3 nitrogen and oxygen atoms in total. The highest BCUT2D eigenvalue weighted by Gasteiger charge is 2.34. The molecule has 1 saturated heterocycles. The fourth-order valence-corrected chi connectivity index (χ4v) is 2.97. The lowest BCUT2D eigenvalue weighted by Crippen LogP contribution is -2.41. The third kappa shape index (κ3) is 3.48. The standard InChI is InChI=1S/C16H23NO2/c18-15-3-1-2-13(10-15)11-16(6-8-19-9-7-16)12-17-14-4-5-14/h1-3,10,14,17-18H,4-9,11-12H2. The Morgan fingerprint density at radius 1 is 1.26 bits per heavy atom. The summed E-state index contributed by atoms with van der Waals surface area (Å²) in [4.78, 5) is 0. The maximum Gasteiger partial charge on any atom is 0.115 e. The lowest BCUT2D eigenvalue weighted by molar-refractivity contribution is 0.0147. The van der Waals surface area contributed by atoms with Crippen LogP contribution in [0, 0.1) is 5.41 Å². The Hall–Kier alpha value is -1.06. The molecule has 3 heteroatoms. The van der Waals surface area contributed by atoms with Crippen molar-refractivity contribution >= 4 is 0 Å². The van der Waals surface area contributed by atoms with Gasteiger partial charge in [0.05, 0.1) is 0 Å². The molecular weight excluding hydrogens is 238 g/mol. The van der Waals surface area contributed by atoms with Gasteiger partial charge in [0.15, 0.2) is 0 Å². The zero-order chi connectivity index (χ0) is 13.1. The average Bonchev–Trinajstić information content (AvgIpc) is 3.22. The van der Waals surface area contributed by atoms with E-state index in [1.165, 1.54) is 18.4 Å². The normalized spacial score (nSPS) is 22.3. The van der Waals surface area contributed by atoms with E-state index >= 15 is 0 Å². The van der Waals surface area contributed by atoms with Gasteiger partial charge in [-0.3, -0.25) is 0 Å². The summed E-state index contributed by atoms with van der Waals surface area (Å²) in [6.07, 6.45) is 5.92. The lowest BCUT2D eigenvalue weighted by Gasteiger charge is -2.38. The number of ether oxygens (including phenoxy) is 1. The van der Waals surface area contributed by atoms with E-state index in [4.69, 9.17) is 4.74 Å². The highest BCUT2D eigenvalue weighted by atomic mass is 16.5. The Kier molecular flexibility index (Phi) is 3.76. The maximum atomic E-state index is 9.61. The van der Waals surface area contributed by atoms with Crippen LogP contribution < -0.4 is 5.32 Å². The first-order valence-corrected chi connectivity index (χ1v) is 7.35.